The summed E-state index contributed by atoms with van der Waals surface area (Å²) in [6.07, 6.45) is 6.16. The van der Waals surface area contributed by atoms with Crippen LogP contribution in [0.3, 0.4) is 0 Å². The second-order valence-electron chi connectivity index (χ2n) is 4.99. The van der Waals surface area contributed by atoms with Crippen LogP contribution in [0, 0.1) is 11.4 Å². The van der Waals surface area contributed by atoms with Gasteiger partial charge in [-0.15, -0.1) is 0 Å². The maximum absolute atomic E-state index is 12.9. The first-order valence-electron chi connectivity index (χ1n) is 5.39. The van der Waals surface area contributed by atoms with Gasteiger partial charge in [0.2, 0.25) is 5.95 Å². The van der Waals surface area contributed by atoms with Crippen molar-refractivity contribution in [1.29, 1.82) is 0 Å². The lowest BCUT2D eigenvalue weighted by Gasteiger charge is -2.24. The summed E-state index contributed by atoms with van der Waals surface area (Å²) in [6.45, 7) is 2.30. The Kier molecular flexibility index (Phi) is 1.62. The molecule has 80 valence electrons. The minimum Gasteiger partial charge on any atom is -0.364 e. The topological polar surface area (TPSA) is 37.8 Å². The van der Waals surface area contributed by atoms with E-state index >= 15 is 0 Å². The first-order chi connectivity index (χ1) is 7.14. The number of hydrogen-bond acceptors (Lipinski definition) is 3. The fourth-order valence-electron chi connectivity index (χ4n) is 2.32. The minimum atomic E-state index is -0.468. The van der Waals surface area contributed by atoms with E-state index in [1.807, 2.05) is 0 Å². The highest BCUT2D eigenvalue weighted by atomic mass is 19.1. The molecule has 4 heteroatoms. The second kappa shape index (κ2) is 2.68. The normalized spacial score (nSPS) is 24.7. The fraction of sp³-hybridized carbons (Fsp3) is 0.636. The van der Waals surface area contributed by atoms with Crippen molar-refractivity contribution in [3.8, 4) is 0 Å². The molecule has 0 amide bonds. The van der Waals surface area contributed by atoms with Crippen LogP contribution in [0.1, 0.15) is 32.6 Å². The van der Waals surface area contributed by atoms with E-state index in [1.54, 1.807) is 0 Å². The quantitative estimate of drug-likeness (QED) is 0.773. The van der Waals surface area contributed by atoms with E-state index in [4.69, 9.17) is 0 Å². The predicted molar refractivity (Wildman–Crippen MR) is 54.9 cm³/mol. The maximum Gasteiger partial charge on any atom is 0.217 e. The average molecular weight is 207 g/mol. The summed E-state index contributed by atoms with van der Waals surface area (Å²) >= 11 is 0. The van der Waals surface area contributed by atoms with E-state index in [0.717, 1.165) is 0 Å². The Hall–Kier alpha value is -1.19. The third kappa shape index (κ3) is 1.39. The van der Waals surface area contributed by atoms with Crippen molar-refractivity contribution >= 4 is 5.82 Å². The molecule has 1 aromatic rings. The van der Waals surface area contributed by atoms with Crippen molar-refractivity contribution in [2.75, 3.05) is 5.32 Å². The molecule has 0 unspecified atom stereocenters. The summed E-state index contributed by atoms with van der Waals surface area (Å²) in [4.78, 5) is 7.49. The first kappa shape index (κ1) is 9.07. The van der Waals surface area contributed by atoms with Gasteiger partial charge in [-0.3, -0.25) is 0 Å². The average Bonchev–Trinajstić information content (AvgIpc) is 3.05. The lowest BCUT2D eigenvalue weighted by atomic mass is 9.96. The van der Waals surface area contributed by atoms with Gasteiger partial charge in [-0.25, -0.2) is 9.97 Å². The number of nitrogens with zero attached hydrogens (tertiary/aromatic N) is 2. The monoisotopic (exact) mass is 207 g/mol. The Bertz CT molecular complexity index is 397. The smallest absolute Gasteiger partial charge is 0.217 e. The number of anilines is 1. The van der Waals surface area contributed by atoms with Crippen molar-refractivity contribution in [3.63, 3.8) is 0 Å². The zero-order valence-electron chi connectivity index (χ0n) is 8.76. The van der Waals surface area contributed by atoms with Gasteiger partial charge in [-0.1, -0.05) is 6.92 Å². The molecule has 1 heterocycles. The fourth-order valence-corrected chi connectivity index (χ4v) is 2.32. The molecule has 2 aliphatic carbocycles. The van der Waals surface area contributed by atoms with Crippen LogP contribution in [0.2, 0.25) is 0 Å². The van der Waals surface area contributed by atoms with Crippen LogP contribution < -0.4 is 5.32 Å². The summed E-state index contributed by atoms with van der Waals surface area (Å²) in [5, 5.41) is 3.38. The van der Waals surface area contributed by atoms with Crippen LogP contribution in [0.25, 0.3) is 0 Å². The third-order valence-corrected chi connectivity index (χ3v) is 3.91. The lowest BCUT2D eigenvalue weighted by Crippen LogP contribution is -2.31. The highest BCUT2D eigenvalue weighted by Crippen LogP contribution is 2.64. The molecule has 2 fully saturated rings. The SMILES string of the molecule is CC1(C2(Nc3cc(F)ncn3)CC2)CC1. The summed E-state index contributed by atoms with van der Waals surface area (Å²) in [5.41, 5.74) is 0.599. The van der Waals surface area contributed by atoms with Crippen molar-refractivity contribution in [3.05, 3.63) is 18.3 Å². The van der Waals surface area contributed by atoms with Crippen LogP contribution in [0.5, 0.6) is 0 Å². The Morgan fingerprint density at radius 1 is 1.27 bits per heavy atom. The van der Waals surface area contributed by atoms with E-state index in [1.165, 1.54) is 38.1 Å². The highest BCUT2D eigenvalue weighted by Gasteiger charge is 2.62. The van der Waals surface area contributed by atoms with Crippen LogP contribution in [0.4, 0.5) is 10.2 Å². The number of rotatable bonds is 3. The highest BCUT2D eigenvalue weighted by molar-refractivity contribution is 5.42. The Morgan fingerprint density at radius 2 is 2.00 bits per heavy atom. The lowest BCUT2D eigenvalue weighted by molar-refractivity contribution is 0.446. The van der Waals surface area contributed by atoms with Crippen molar-refractivity contribution in [2.24, 2.45) is 5.41 Å². The Labute approximate surface area is 88.1 Å². The van der Waals surface area contributed by atoms with Crippen molar-refractivity contribution < 1.29 is 4.39 Å². The van der Waals surface area contributed by atoms with Gasteiger partial charge in [-0.2, -0.15) is 4.39 Å². The van der Waals surface area contributed by atoms with Gasteiger partial charge in [0.1, 0.15) is 12.1 Å². The second-order valence-corrected chi connectivity index (χ2v) is 4.99. The summed E-state index contributed by atoms with van der Waals surface area (Å²) in [5.74, 6) is 0.150. The molecular formula is C11H14FN3. The molecule has 0 saturated heterocycles. The summed E-state index contributed by atoms with van der Waals surface area (Å²) < 4.78 is 12.9. The molecule has 2 saturated carbocycles. The molecule has 0 aliphatic heterocycles. The van der Waals surface area contributed by atoms with Crippen LogP contribution in [-0.2, 0) is 0 Å². The number of halogens is 1. The molecule has 3 nitrogen and oxygen atoms in total. The molecule has 1 aromatic heterocycles. The van der Waals surface area contributed by atoms with Crippen molar-refractivity contribution in [2.45, 2.75) is 38.1 Å². The molecule has 0 radical (unpaired) electrons. The van der Waals surface area contributed by atoms with Gasteiger partial charge in [0.05, 0.1) is 0 Å². The van der Waals surface area contributed by atoms with Crippen LogP contribution >= 0.6 is 0 Å². The molecule has 0 spiro atoms. The van der Waals surface area contributed by atoms with E-state index in [2.05, 4.69) is 22.2 Å². The standard InChI is InChI=1S/C11H14FN3/c1-10(2-3-10)11(4-5-11)15-9-6-8(12)13-7-14-9/h6-7H,2-5H2,1H3,(H,13,14,15). The molecular weight excluding hydrogens is 193 g/mol. The minimum absolute atomic E-state index is 0.188. The molecule has 2 aliphatic rings. The van der Waals surface area contributed by atoms with Crippen LogP contribution in [-0.4, -0.2) is 15.5 Å². The first-order valence-corrected chi connectivity index (χ1v) is 5.39. The maximum atomic E-state index is 12.9. The zero-order chi connectivity index (χ0) is 10.5. The number of hydrogen-bond donors (Lipinski definition) is 1. The summed E-state index contributed by atoms with van der Waals surface area (Å²) in [7, 11) is 0. The van der Waals surface area contributed by atoms with Gasteiger partial charge in [0, 0.05) is 11.6 Å². The molecule has 0 atom stereocenters. The molecule has 1 N–H and O–H groups in total. The van der Waals surface area contributed by atoms with Crippen LogP contribution in [0.15, 0.2) is 12.4 Å². The van der Waals surface area contributed by atoms with Gasteiger partial charge in [0.25, 0.3) is 0 Å². The predicted octanol–water partition coefficient (Wildman–Crippen LogP) is 2.36. The molecule has 0 bridgehead atoms. The van der Waals surface area contributed by atoms with Gasteiger partial charge in [0.15, 0.2) is 0 Å². The van der Waals surface area contributed by atoms with E-state index in [-0.39, 0.29) is 5.54 Å². The molecule has 15 heavy (non-hydrogen) atoms. The Balaban J connectivity index is 1.81. The Morgan fingerprint density at radius 3 is 2.53 bits per heavy atom. The number of aromatic nitrogens is 2. The summed E-state index contributed by atoms with van der Waals surface area (Å²) in [6, 6.07) is 1.37. The molecule has 0 aromatic carbocycles. The van der Waals surface area contributed by atoms with E-state index in [9.17, 15) is 4.39 Å². The van der Waals surface area contributed by atoms with Gasteiger partial charge >= 0.3 is 0 Å². The van der Waals surface area contributed by atoms with E-state index < -0.39 is 5.95 Å². The largest absolute Gasteiger partial charge is 0.364 e. The zero-order valence-corrected chi connectivity index (χ0v) is 8.76. The van der Waals surface area contributed by atoms with Crippen molar-refractivity contribution in [1.82, 2.24) is 9.97 Å². The van der Waals surface area contributed by atoms with E-state index in [0.29, 0.717) is 11.2 Å². The van der Waals surface area contributed by atoms with Gasteiger partial charge in [-0.05, 0) is 31.1 Å². The number of nitrogens with one attached hydrogen (secondary N) is 1. The molecule has 3 rings (SSSR count). The van der Waals surface area contributed by atoms with Gasteiger partial charge < -0.3 is 5.32 Å². The third-order valence-electron chi connectivity index (χ3n) is 3.91.